The molecule has 0 saturated heterocycles. The van der Waals surface area contributed by atoms with E-state index in [0.717, 1.165) is 0 Å². The Morgan fingerprint density at radius 3 is 2.67 bits per heavy atom. The SMILES string of the molecule is CC1(C)C(=O)Nc2nc(-c3nn(Cc4ccccc4F)c4ncccc34)nc(C(=O)NCCSC(F)(F)F)c21. The maximum Gasteiger partial charge on any atom is 0.441 e. The Kier molecular flexibility index (Phi) is 6.74. The molecule has 39 heavy (non-hydrogen) atoms. The number of carbonyl (C=O) groups is 2. The largest absolute Gasteiger partial charge is 0.441 e. The number of thioether (sulfide) groups is 1. The quantitative estimate of drug-likeness (QED) is 0.257. The molecule has 4 heterocycles. The van der Waals surface area contributed by atoms with E-state index < -0.39 is 34.3 Å². The number of anilines is 1. The molecule has 0 spiro atoms. The van der Waals surface area contributed by atoms with Gasteiger partial charge in [-0.25, -0.2) is 24.0 Å². The number of pyridine rings is 1. The van der Waals surface area contributed by atoms with Crippen LogP contribution in [0.3, 0.4) is 0 Å². The summed E-state index contributed by atoms with van der Waals surface area (Å²) in [7, 11) is 0. The fourth-order valence-electron chi connectivity index (χ4n) is 4.28. The predicted octanol–water partition coefficient (Wildman–Crippen LogP) is 4.29. The third kappa shape index (κ3) is 5.15. The van der Waals surface area contributed by atoms with E-state index >= 15 is 0 Å². The summed E-state index contributed by atoms with van der Waals surface area (Å²) in [5, 5.41) is 10.2. The molecule has 5 rings (SSSR count). The lowest BCUT2D eigenvalue weighted by Crippen LogP contribution is -2.33. The zero-order valence-corrected chi connectivity index (χ0v) is 21.5. The average molecular weight is 560 g/mol. The molecule has 0 radical (unpaired) electrons. The van der Waals surface area contributed by atoms with E-state index in [-0.39, 0.29) is 53.4 Å². The van der Waals surface area contributed by atoms with Gasteiger partial charge in [-0.1, -0.05) is 18.2 Å². The Morgan fingerprint density at radius 1 is 1.15 bits per heavy atom. The summed E-state index contributed by atoms with van der Waals surface area (Å²) < 4.78 is 53.4. The molecule has 0 saturated carbocycles. The van der Waals surface area contributed by atoms with Gasteiger partial charge in [0.25, 0.3) is 5.91 Å². The highest BCUT2D eigenvalue weighted by molar-refractivity contribution is 8.00. The molecule has 9 nitrogen and oxygen atoms in total. The van der Waals surface area contributed by atoms with Gasteiger partial charge in [-0.3, -0.25) is 9.59 Å². The molecular formula is C25H21F4N7O2S. The van der Waals surface area contributed by atoms with Gasteiger partial charge >= 0.3 is 5.51 Å². The lowest BCUT2D eigenvalue weighted by Gasteiger charge is -2.18. The van der Waals surface area contributed by atoms with Crippen molar-refractivity contribution in [3.05, 3.63) is 65.2 Å². The summed E-state index contributed by atoms with van der Waals surface area (Å²) in [6.45, 7) is 2.97. The lowest BCUT2D eigenvalue weighted by molar-refractivity contribution is -0.119. The zero-order valence-electron chi connectivity index (χ0n) is 20.6. The van der Waals surface area contributed by atoms with Crippen molar-refractivity contribution >= 4 is 40.4 Å². The minimum atomic E-state index is -4.43. The maximum absolute atomic E-state index is 14.4. The van der Waals surface area contributed by atoms with Crippen molar-refractivity contribution in [2.45, 2.75) is 31.3 Å². The van der Waals surface area contributed by atoms with Gasteiger partial charge in [-0.05, 0) is 43.8 Å². The number of hydrogen-bond donors (Lipinski definition) is 2. The number of amides is 2. The maximum atomic E-state index is 14.4. The normalized spacial score (nSPS) is 14.4. The van der Waals surface area contributed by atoms with Crippen molar-refractivity contribution in [1.29, 1.82) is 0 Å². The summed E-state index contributed by atoms with van der Waals surface area (Å²) >= 11 is -0.258. The minimum absolute atomic E-state index is 0.00755. The number of carbonyl (C=O) groups excluding carboxylic acids is 2. The first-order valence-corrected chi connectivity index (χ1v) is 12.7. The van der Waals surface area contributed by atoms with Crippen LogP contribution in [0.4, 0.5) is 23.4 Å². The predicted molar refractivity (Wildman–Crippen MR) is 137 cm³/mol. The van der Waals surface area contributed by atoms with Crippen LogP contribution in [-0.4, -0.2) is 54.4 Å². The van der Waals surface area contributed by atoms with Gasteiger partial charge in [0.2, 0.25) is 5.91 Å². The molecule has 0 atom stereocenters. The molecule has 0 fully saturated rings. The molecule has 202 valence electrons. The Balaban J connectivity index is 1.57. The number of halogens is 4. The second kappa shape index (κ2) is 9.91. The van der Waals surface area contributed by atoms with Gasteiger partial charge in [0.05, 0.1) is 17.3 Å². The van der Waals surface area contributed by atoms with Gasteiger partial charge in [0.15, 0.2) is 11.5 Å². The molecule has 1 aromatic carbocycles. The number of aromatic nitrogens is 5. The molecule has 0 unspecified atom stereocenters. The molecule has 1 aliphatic heterocycles. The second-order valence-corrected chi connectivity index (χ2v) is 10.4. The Labute approximate surface area is 223 Å². The van der Waals surface area contributed by atoms with Crippen molar-refractivity contribution in [3.8, 4) is 11.5 Å². The average Bonchev–Trinajstić information content (AvgIpc) is 3.36. The van der Waals surface area contributed by atoms with Crippen molar-refractivity contribution in [2.24, 2.45) is 0 Å². The number of rotatable bonds is 7. The van der Waals surface area contributed by atoms with E-state index in [1.807, 2.05) is 0 Å². The summed E-state index contributed by atoms with van der Waals surface area (Å²) in [6.07, 6.45) is 1.55. The highest BCUT2D eigenvalue weighted by atomic mass is 32.2. The van der Waals surface area contributed by atoms with E-state index in [1.165, 1.54) is 10.7 Å². The van der Waals surface area contributed by atoms with Crippen LogP contribution in [0.25, 0.3) is 22.6 Å². The van der Waals surface area contributed by atoms with Gasteiger partial charge in [-0.2, -0.15) is 18.3 Å². The Bertz CT molecular complexity index is 1600. The van der Waals surface area contributed by atoms with Crippen molar-refractivity contribution in [3.63, 3.8) is 0 Å². The molecule has 4 aromatic rings. The Hall–Kier alpha value is -4.07. The number of benzene rings is 1. The second-order valence-electron chi connectivity index (χ2n) is 9.22. The van der Waals surface area contributed by atoms with Crippen LogP contribution in [-0.2, 0) is 16.8 Å². The number of nitrogens with one attached hydrogen (secondary N) is 2. The van der Waals surface area contributed by atoms with E-state index in [0.29, 0.717) is 16.6 Å². The number of hydrogen-bond acceptors (Lipinski definition) is 7. The van der Waals surface area contributed by atoms with Crippen LogP contribution < -0.4 is 10.6 Å². The molecule has 0 bridgehead atoms. The fraction of sp³-hybridized carbons (Fsp3) is 0.280. The van der Waals surface area contributed by atoms with Gasteiger partial charge in [0.1, 0.15) is 23.0 Å². The zero-order chi connectivity index (χ0) is 27.9. The van der Waals surface area contributed by atoms with Crippen LogP contribution in [0.1, 0.15) is 35.5 Å². The van der Waals surface area contributed by atoms with Crippen LogP contribution in [0.5, 0.6) is 0 Å². The number of fused-ring (bicyclic) bond motifs is 2. The van der Waals surface area contributed by atoms with Crippen molar-refractivity contribution in [2.75, 3.05) is 17.6 Å². The first-order chi connectivity index (χ1) is 18.5. The van der Waals surface area contributed by atoms with E-state index in [2.05, 4.69) is 30.7 Å². The summed E-state index contributed by atoms with van der Waals surface area (Å²) in [5.74, 6) is -1.89. The number of nitrogens with zero attached hydrogens (tertiary/aromatic N) is 5. The van der Waals surface area contributed by atoms with Crippen LogP contribution in [0.15, 0.2) is 42.6 Å². The van der Waals surface area contributed by atoms with Crippen LogP contribution in [0.2, 0.25) is 0 Å². The highest BCUT2D eigenvalue weighted by Crippen LogP contribution is 2.39. The molecular weight excluding hydrogens is 538 g/mol. The van der Waals surface area contributed by atoms with E-state index in [9.17, 15) is 27.2 Å². The number of alkyl halides is 3. The van der Waals surface area contributed by atoms with E-state index in [1.54, 1.807) is 50.4 Å². The fourth-order valence-corrected chi connectivity index (χ4v) is 4.71. The molecule has 1 aliphatic rings. The standard InChI is InChI=1S/C25H21F4N7O2S/c1-24(2)16-18(22(37)31-10-11-39-25(27,28)29)32-20(33-19(16)34-23(24)38)17-14-7-5-9-30-21(14)36(35-17)12-13-6-3-4-8-15(13)26/h3-9H,10-12H2,1-2H3,(H,31,37)(H,32,33,34,38). The third-order valence-electron chi connectivity index (χ3n) is 6.20. The highest BCUT2D eigenvalue weighted by Gasteiger charge is 2.44. The third-order valence-corrected chi connectivity index (χ3v) is 6.93. The smallest absolute Gasteiger partial charge is 0.350 e. The summed E-state index contributed by atoms with van der Waals surface area (Å²) in [6, 6.07) is 9.62. The first kappa shape index (κ1) is 26.5. The molecule has 2 amide bonds. The topological polar surface area (TPSA) is 115 Å². The van der Waals surface area contributed by atoms with Gasteiger partial charge < -0.3 is 10.6 Å². The first-order valence-electron chi connectivity index (χ1n) is 11.7. The lowest BCUT2D eigenvalue weighted by atomic mass is 9.85. The molecule has 3 aromatic heterocycles. The van der Waals surface area contributed by atoms with Gasteiger partial charge in [-0.15, -0.1) is 0 Å². The summed E-state index contributed by atoms with van der Waals surface area (Å²) in [5.41, 5.74) is -4.50. The monoisotopic (exact) mass is 559 g/mol. The minimum Gasteiger partial charge on any atom is -0.350 e. The van der Waals surface area contributed by atoms with Gasteiger partial charge in [0, 0.05) is 29.6 Å². The van der Waals surface area contributed by atoms with Crippen LogP contribution in [0, 0.1) is 5.82 Å². The van der Waals surface area contributed by atoms with Crippen molar-refractivity contribution in [1.82, 2.24) is 30.0 Å². The molecule has 0 aliphatic carbocycles. The van der Waals surface area contributed by atoms with Crippen LogP contribution >= 0.6 is 11.8 Å². The summed E-state index contributed by atoms with van der Waals surface area (Å²) in [4.78, 5) is 39.1. The van der Waals surface area contributed by atoms with Crippen molar-refractivity contribution < 1.29 is 27.2 Å². The molecule has 2 N–H and O–H groups in total. The molecule has 14 heteroatoms. The Morgan fingerprint density at radius 2 is 1.92 bits per heavy atom. The van der Waals surface area contributed by atoms with E-state index in [4.69, 9.17) is 0 Å².